The van der Waals surface area contributed by atoms with Crippen LogP contribution < -0.4 is 9.40 Å². The number of rotatable bonds is 1. The minimum absolute atomic E-state index is 0.595. The zero-order valence-electron chi connectivity index (χ0n) is 4.59. The average Bonchev–Trinajstić information content (AvgIpc) is 2.14. The molecule has 0 aliphatic carbocycles. The van der Waals surface area contributed by atoms with Crippen molar-refractivity contribution in [1.82, 2.24) is 10.1 Å². The molecule has 1 heterocycles. The van der Waals surface area contributed by atoms with Gasteiger partial charge in [-0.15, -0.1) is 0 Å². The molecule has 0 saturated heterocycles. The van der Waals surface area contributed by atoms with Crippen molar-refractivity contribution in [2.24, 2.45) is 4.72 Å². The molecule has 1 rings (SSSR count). The van der Waals surface area contributed by atoms with Gasteiger partial charge in [-0.05, 0) is 0 Å². The minimum Gasteiger partial charge on any atom is -0.409 e. The second-order valence-electron chi connectivity index (χ2n) is 1.43. The maximum Gasteiger partial charge on any atom is 0.449 e. The molecule has 42 valence electrons. The summed E-state index contributed by atoms with van der Waals surface area (Å²) in [6, 6.07) is 0. The van der Waals surface area contributed by atoms with Crippen molar-refractivity contribution < 1.29 is 4.52 Å². The third kappa shape index (κ3) is 1.07. The van der Waals surface area contributed by atoms with E-state index in [-0.39, 0.29) is 0 Å². The van der Waals surface area contributed by atoms with Crippen molar-refractivity contribution in [2.75, 3.05) is 0 Å². The highest BCUT2D eigenvalue weighted by molar-refractivity contribution is 6.47. The summed E-state index contributed by atoms with van der Waals surface area (Å²) >= 11 is -0.704. The Hall–Kier alpha value is -0.368. The molecule has 0 aliphatic rings. The number of nitrogens with zero attached hydrogens (tertiary/aromatic N) is 2. The van der Waals surface area contributed by atoms with Gasteiger partial charge in [0.2, 0.25) is 5.89 Å². The van der Waals surface area contributed by atoms with E-state index in [4.69, 9.17) is 4.72 Å². The summed E-state index contributed by atoms with van der Waals surface area (Å²) in [5.41, 5.74) is 0. The van der Waals surface area contributed by atoms with Gasteiger partial charge in [0, 0.05) is 6.92 Å². The first-order valence-corrected chi connectivity index (χ1v) is 3.84. The second-order valence-corrected chi connectivity index (χ2v) is 2.47. The van der Waals surface area contributed by atoms with Crippen LogP contribution in [0, 0.1) is 6.92 Å². The normalized spacial score (nSPS) is 9.25. The van der Waals surface area contributed by atoms with Crippen LogP contribution in [-0.2, 0) is 0 Å². The number of aromatic nitrogens is 2. The second kappa shape index (κ2) is 2.27. The van der Waals surface area contributed by atoms with Gasteiger partial charge < -0.3 is 9.24 Å². The molecule has 4 nitrogen and oxygen atoms in total. The van der Waals surface area contributed by atoms with Crippen LogP contribution in [0.25, 0.3) is 0 Å². The van der Waals surface area contributed by atoms with Crippen LogP contribution in [0.5, 0.6) is 0 Å². The van der Waals surface area contributed by atoms with E-state index in [1.54, 1.807) is 6.92 Å². The highest BCUT2D eigenvalue weighted by Gasteiger charge is 1.99. The van der Waals surface area contributed by atoms with Crippen molar-refractivity contribution in [3.05, 3.63) is 5.89 Å². The Morgan fingerprint density at radius 3 is 2.75 bits per heavy atom. The summed E-state index contributed by atoms with van der Waals surface area (Å²) in [6.45, 7) is 1.75. The molecule has 0 saturated carbocycles. The lowest BCUT2D eigenvalue weighted by molar-refractivity contribution is 0.396. The molecular weight excluding hydrogens is 121 g/mol. The predicted octanol–water partition coefficient (Wildman–Crippen LogP) is -1.69. The van der Waals surface area contributed by atoms with E-state index in [0.29, 0.717) is 10.6 Å². The number of hydrogen-bond donors (Lipinski definition) is 1. The molecule has 0 fully saturated rings. The number of nitrogens with two attached hydrogens (primary N) is 1. The van der Waals surface area contributed by atoms with E-state index in [0.717, 1.165) is 0 Å². The zero-order valence-corrected chi connectivity index (χ0v) is 6.00. The Bertz CT molecular complexity index is 175. The molecule has 0 bridgehead atoms. The van der Waals surface area contributed by atoms with E-state index >= 15 is 0 Å². The monoisotopic (exact) mass is 127 g/mol. The lowest BCUT2D eigenvalue weighted by Gasteiger charge is -1.70. The SMILES string of the molecule is Cc1n[c]([AlH][NH2])no1. The Morgan fingerprint density at radius 2 is 2.50 bits per heavy atom. The van der Waals surface area contributed by atoms with Gasteiger partial charge >= 0.3 is 15.4 Å². The summed E-state index contributed by atoms with van der Waals surface area (Å²) in [7, 11) is 0. The van der Waals surface area contributed by atoms with Gasteiger partial charge in [-0.25, -0.2) is 4.98 Å². The lowest BCUT2D eigenvalue weighted by atomic mass is 10.8. The van der Waals surface area contributed by atoms with Gasteiger partial charge in [-0.2, -0.15) is 0 Å². The fourth-order valence-electron chi connectivity index (χ4n) is 0.424. The third-order valence-corrected chi connectivity index (χ3v) is 1.40. The van der Waals surface area contributed by atoms with Crippen molar-refractivity contribution in [1.29, 1.82) is 0 Å². The summed E-state index contributed by atoms with van der Waals surface area (Å²) in [4.78, 5) is 3.89. The Balaban J connectivity index is 2.84. The quantitative estimate of drug-likeness (QED) is 0.457. The van der Waals surface area contributed by atoms with Crippen LogP contribution in [0.2, 0.25) is 0 Å². The first-order valence-electron chi connectivity index (χ1n) is 2.32. The summed E-state index contributed by atoms with van der Waals surface area (Å²) in [5, 5.41) is 3.58. The Labute approximate surface area is 53.0 Å². The average molecular weight is 127 g/mol. The van der Waals surface area contributed by atoms with Crippen molar-refractivity contribution in [3.8, 4) is 0 Å². The molecule has 0 atom stereocenters. The standard InChI is InChI=1S/C3H3N2O.Al.H2N.H/c1-3-4-2-5-6-3;;;/h1H3;;1H2;/q;+1;-1;. The van der Waals surface area contributed by atoms with Crippen LogP contribution in [0.3, 0.4) is 0 Å². The maximum atomic E-state index is 5.32. The predicted molar refractivity (Wildman–Crippen MR) is 30.0 cm³/mol. The van der Waals surface area contributed by atoms with E-state index in [2.05, 4.69) is 14.7 Å². The van der Waals surface area contributed by atoms with Crippen molar-refractivity contribution in [3.63, 3.8) is 0 Å². The van der Waals surface area contributed by atoms with Crippen LogP contribution in [0.4, 0.5) is 0 Å². The van der Waals surface area contributed by atoms with Crippen LogP contribution in [-0.4, -0.2) is 25.6 Å². The van der Waals surface area contributed by atoms with Crippen molar-refractivity contribution >= 4 is 20.1 Å². The molecule has 0 spiro atoms. The topological polar surface area (TPSA) is 64.9 Å². The van der Waals surface area contributed by atoms with Crippen LogP contribution in [0.15, 0.2) is 4.52 Å². The van der Waals surface area contributed by atoms with Crippen LogP contribution >= 0.6 is 0 Å². The summed E-state index contributed by atoms with van der Waals surface area (Å²) in [6.07, 6.45) is 0. The van der Waals surface area contributed by atoms with Crippen LogP contribution in [0.1, 0.15) is 5.89 Å². The number of aryl methyl sites for hydroxylation is 1. The number of hydrogen-bond acceptors (Lipinski definition) is 4. The maximum absolute atomic E-state index is 5.32. The van der Waals surface area contributed by atoms with Gasteiger partial charge in [0.1, 0.15) is 4.69 Å². The molecule has 2 N–H and O–H groups in total. The fourth-order valence-corrected chi connectivity index (χ4v) is 0.877. The fraction of sp³-hybridized carbons (Fsp3) is 0.333. The smallest absolute Gasteiger partial charge is 0.409 e. The van der Waals surface area contributed by atoms with Gasteiger partial charge in [-0.1, -0.05) is 5.16 Å². The first kappa shape index (κ1) is 5.76. The Kier molecular flexibility index (Phi) is 1.63. The van der Waals surface area contributed by atoms with Gasteiger partial charge in [-0.3, -0.25) is 0 Å². The molecule has 0 unspecified atom stereocenters. The molecule has 0 aromatic carbocycles. The lowest BCUT2D eigenvalue weighted by Crippen LogP contribution is -2.26. The molecule has 8 heavy (non-hydrogen) atoms. The molecule has 0 radical (unpaired) electrons. The highest BCUT2D eigenvalue weighted by atomic mass is 27.1. The van der Waals surface area contributed by atoms with E-state index < -0.39 is 15.4 Å². The highest BCUT2D eigenvalue weighted by Crippen LogP contribution is 1.79. The molecule has 0 aliphatic heterocycles. The largest absolute Gasteiger partial charge is 0.449 e. The first-order chi connectivity index (χ1) is 3.83. The molecule has 0 amide bonds. The van der Waals surface area contributed by atoms with E-state index in [9.17, 15) is 0 Å². The zero-order chi connectivity index (χ0) is 5.98. The van der Waals surface area contributed by atoms with Crippen molar-refractivity contribution in [2.45, 2.75) is 6.92 Å². The molecular formula is C3H6AlN3O. The molecule has 1 aromatic heterocycles. The Morgan fingerprint density at radius 1 is 1.75 bits per heavy atom. The third-order valence-electron chi connectivity index (χ3n) is 0.752. The molecule has 5 heteroatoms. The van der Waals surface area contributed by atoms with Gasteiger partial charge in [0.15, 0.2) is 0 Å². The van der Waals surface area contributed by atoms with Gasteiger partial charge in [0.05, 0.1) is 0 Å². The summed E-state index contributed by atoms with van der Waals surface area (Å²) in [5.74, 6) is 0.595. The summed E-state index contributed by atoms with van der Waals surface area (Å²) < 4.78 is 10.7. The van der Waals surface area contributed by atoms with Gasteiger partial charge in [0.25, 0.3) is 0 Å². The van der Waals surface area contributed by atoms with E-state index in [1.165, 1.54) is 0 Å². The molecule has 1 aromatic rings. The van der Waals surface area contributed by atoms with E-state index in [1.807, 2.05) is 0 Å². The minimum atomic E-state index is -0.704.